The van der Waals surface area contributed by atoms with Crippen LogP contribution in [0.15, 0.2) is 18.2 Å². The van der Waals surface area contributed by atoms with Crippen molar-refractivity contribution in [2.75, 3.05) is 0 Å². The number of benzene rings is 1. The highest BCUT2D eigenvalue weighted by atomic mass is 16.3. The van der Waals surface area contributed by atoms with Crippen molar-refractivity contribution in [2.45, 2.75) is 129 Å². The van der Waals surface area contributed by atoms with Gasteiger partial charge in [-0.2, -0.15) is 0 Å². The Balaban J connectivity index is 2.00. The Hall–Kier alpha value is -1.02. The van der Waals surface area contributed by atoms with Gasteiger partial charge < -0.3 is 10.2 Å². The van der Waals surface area contributed by atoms with Crippen molar-refractivity contribution in [3.05, 3.63) is 29.3 Å². The Morgan fingerprint density at radius 1 is 0.897 bits per heavy atom. The summed E-state index contributed by atoms with van der Waals surface area (Å²) in [6.07, 6.45) is 15.3. The Kier molecular flexibility index (Phi) is 10.0. The number of aliphatic hydroxyl groups is 1. The van der Waals surface area contributed by atoms with E-state index in [9.17, 15) is 10.2 Å². The van der Waals surface area contributed by atoms with E-state index in [4.69, 9.17) is 0 Å². The molecule has 2 N–H and O–H groups in total. The van der Waals surface area contributed by atoms with Gasteiger partial charge in [-0.25, -0.2) is 0 Å². The maximum Gasteiger partial charge on any atom is 0.119 e. The summed E-state index contributed by atoms with van der Waals surface area (Å²) in [7, 11) is 0. The number of hydrogen-bond acceptors (Lipinski definition) is 2. The lowest BCUT2D eigenvalue weighted by atomic mass is 9.73. The van der Waals surface area contributed by atoms with E-state index in [0.29, 0.717) is 11.7 Å². The number of unbranched alkanes of at least 4 members (excludes halogenated alkanes) is 6. The molecule has 0 unspecified atom stereocenters. The zero-order chi connectivity index (χ0) is 21.3. The largest absolute Gasteiger partial charge is 0.508 e. The molecule has 0 aromatic heterocycles. The van der Waals surface area contributed by atoms with Crippen LogP contribution in [0.4, 0.5) is 0 Å². The maximum atomic E-state index is 10.9. The minimum Gasteiger partial charge on any atom is -0.508 e. The number of hydrogen-bond donors (Lipinski definition) is 2. The van der Waals surface area contributed by atoms with E-state index in [1.165, 1.54) is 63.4 Å². The van der Waals surface area contributed by atoms with Crippen LogP contribution < -0.4 is 0 Å². The highest BCUT2D eigenvalue weighted by molar-refractivity contribution is 5.41. The van der Waals surface area contributed by atoms with Crippen molar-refractivity contribution in [2.24, 2.45) is 5.92 Å². The average molecular weight is 403 g/mol. The zero-order valence-corrected chi connectivity index (χ0v) is 19.6. The van der Waals surface area contributed by atoms with Gasteiger partial charge in [0.2, 0.25) is 0 Å². The maximum absolute atomic E-state index is 10.9. The van der Waals surface area contributed by atoms with Crippen LogP contribution in [0.5, 0.6) is 5.75 Å². The highest BCUT2D eigenvalue weighted by Crippen LogP contribution is 2.43. The molecule has 0 bridgehead atoms. The van der Waals surface area contributed by atoms with Gasteiger partial charge in [-0.3, -0.25) is 0 Å². The number of phenolic OH excluding ortho intramolecular Hbond substituents is 1. The number of aromatic hydroxyl groups is 1. The molecular formula is C27H46O2. The third-order valence-electron chi connectivity index (χ3n) is 7.15. The standard InChI is InChI=1S/C27H46O2/c1-5-7-9-11-13-21-17-22(19-24(28)18-21)25-15-14-23(20-26(25)29)27(3,4)16-12-10-8-6-2/h14-15,20-22,24,28-29H,5-13,16-19H2,1-4H3/t21-,22+,24-/m1/s1. The zero-order valence-electron chi connectivity index (χ0n) is 19.6. The summed E-state index contributed by atoms with van der Waals surface area (Å²) in [5, 5.41) is 21.3. The fourth-order valence-corrected chi connectivity index (χ4v) is 5.20. The molecular weight excluding hydrogens is 356 g/mol. The first-order valence-corrected chi connectivity index (χ1v) is 12.4. The fraction of sp³-hybridized carbons (Fsp3) is 0.778. The molecule has 29 heavy (non-hydrogen) atoms. The fourth-order valence-electron chi connectivity index (χ4n) is 5.20. The van der Waals surface area contributed by atoms with Crippen LogP contribution in [-0.4, -0.2) is 16.3 Å². The predicted octanol–water partition coefficient (Wildman–Crippen LogP) is 7.86. The van der Waals surface area contributed by atoms with Gasteiger partial charge in [-0.15, -0.1) is 0 Å². The second-order valence-electron chi connectivity index (χ2n) is 10.2. The average Bonchev–Trinajstić information content (AvgIpc) is 2.68. The quantitative estimate of drug-likeness (QED) is 0.349. The van der Waals surface area contributed by atoms with Crippen LogP contribution in [0.3, 0.4) is 0 Å². The predicted molar refractivity (Wildman–Crippen MR) is 125 cm³/mol. The summed E-state index contributed by atoms with van der Waals surface area (Å²) in [6, 6.07) is 6.38. The van der Waals surface area contributed by atoms with Crippen LogP contribution in [0.25, 0.3) is 0 Å². The number of rotatable bonds is 12. The minimum atomic E-state index is -0.223. The molecule has 0 aliphatic heterocycles. The van der Waals surface area contributed by atoms with Crippen LogP contribution in [0.1, 0.15) is 128 Å². The Morgan fingerprint density at radius 3 is 2.24 bits per heavy atom. The lowest BCUT2D eigenvalue weighted by molar-refractivity contribution is 0.0851. The highest BCUT2D eigenvalue weighted by Gasteiger charge is 2.30. The molecule has 2 nitrogen and oxygen atoms in total. The van der Waals surface area contributed by atoms with Gasteiger partial charge in [0.05, 0.1) is 6.10 Å². The summed E-state index contributed by atoms with van der Waals surface area (Å²) >= 11 is 0. The summed E-state index contributed by atoms with van der Waals surface area (Å²) < 4.78 is 0. The molecule has 2 rings (SSSR count). The summed E-state index contributed by atoms with van der Waals surface area (Å²) in [5.74, 6) is 1.32. The van der Waals surface area contributed by atoms with E-state index < -0.39 is 0 Å². The molecule has 3 atom stereocenters. The van der Waals surface area contributed by atoms with Crippen molar-refractivity contribution >= 4 is 0 Å². The molecule has 0 spiro atoms. The molecule has 166 valence electrons. The normalized spacial score (nSPS) is 22.7. The van der Waals surface area contributed by atoms with Crippen LogP contribution in [0.2, 0.25) is 0 Å². The third kappa shape index (κ3) is 7.63. The van der Waals surface area contributed by atoms with Gasteiger partial charge in [0.25, 0.3) is 0 Å². The lowest BCUT2D eigenvalue weighted by Crippen LogP contribution is -2.25. The van der Waals surface area contributed by atoms with Gasteiger partial charge in [0, 0.05) is 0 Å². The molecule has 1 aliphatic rings. The first kappa shape index (κ1) is 24.3. The van der Waals surface area contributed by atoms with Crippen molar-refractivity contribution < 1.29 is 10.2 Å². The Labute approximate surface area is 180 Å². The monoisotopic (exact) mass is 402 g/mol. The number of aliphatic hydroxyl groups excluding tert-OH is 1. The van der Waals surface area contributed by atoms with Gasteiger partial charge in [0.15, 0.2) is 0 Å². The molecule has 1 aromatic rings. The van der Waals surface area contributed by atoms with E-state index in [1.54, 1.807) is 0 Å². The molecule has 1 saturated carbocycles. The second kappa shape index (κ2) is 12.0. The van der Waals surface area contributed by atoms with E-state index in [1.807, 2.05) is 6.07 Å². The topological polar surface area (TPSA) is 40.5 Å². The first-order valence-electron chi connectivity index (χ1n) is 12.4. The Morgan fingerprint density at radius 2 is 1.59 bits per heavy atom. The molecule has 0 heterocycles. The molecule has 1 aromatic carbocycles. The smallest absolute Gasteiger partial charge is 0.119 e. The molecule has 2 heteroatoms. The van der Waals surface area contributed by atoms with E-state index in [0.717, 1.165) is 31.2 Å². The first-order chi connectivity index (χ1) is 13.9. The molecule has 0 radical (unpaired) electrons. The molecule has 0 amide bonds. The number of phenols is 1. The van der Waals surface area contributed by atoms with E-state index >= 15 is 0 Å². The van der Waals surface area contributed by atoms with Crippen molar-refractivity contribution in [3.8, 4) is 5.75 Å². The van der Waals surface area contributed by atoms with Crippen molar-refractivity contribution in [3.63, 3.8) is 0 Å². The van der Waals surface area contributed by atoms with E-state index in [-0.39, 0.29) is 17.4 Å². The van der Waals surface area contributed by atoms with Gasteiger partial charge in [-0.1, -0.05) is 97.6 Å². The second-order valence-corrected chi connectivity index (χ2v) is 10.2. The summed E-state index contributed by atoms with van der Waals surface area (Å²) in [5.41, 5.74) is 2.38. The SMILES string of the molecule is CCCCCC[C@H]1C[C@@H](O)C[C@@H](c2ccc(C(C)(C)CCCCCC)cc2O)C1. The van der Waals surface area contributed by atoms with Crippen LogP contribution >= 0.6 is 0 Å². The van der Waals surface area contributed by atoms with Gasteiger partial charge >= 0.3 is 0 Å². The van der Waals surface area contributed by atoms with Crippen LogP contribution in [0, 0.1) is 5.92 Å². The summed E-state index contributed by atoms with van der Waals surface area (Å²) in [6.45, 7) is 9.09. The van der Waals surface area contributed by atoms with Crippen molar-refractivity contribution in [1.82, 2.24) is 0 Å². The van der Waals surface area contributed by atoms with Crippen molar-refractivity contribution in [1.29, 1.82) is 0 Å². The summed E-state index contributed by atoms with van der Waals surface area (Å²) in [4.78, 5) is 0. The third-order valence-corrected chi connectivity index (χ3v) is 7.15. The minimum absolute atomic E-state index is 0.0949. The Bertz CT molecular complexity index is 592. The molecule has 1 fully saturated rings. The van der Waals surface area contributed by atoms with Gasteiger partial charge in [0.1, 0.15) is 5.75 Å². The van der Waals surface area contributed by atoms with Gasteiger partial charge in [-0.05, 0) is 60.1 Å². The van der Waals surface area contributed by atoms with Crippen LogP contribution in [-0.2, 0) is 5.41 Å². The molecule has 1 aliphatic carbocycles. The van der Waals surface area contributed by atoms with E-state index in [2.05, 4.69) is 39.8 Å². The lowest BCUT2D eigenvalue weighted by Gasteiger charge is -2.34. The molecule has 0 saturated heterocycles.